The normalized spacial score (nSPS) is 19.0. The van der Waals surface area contributed by atoms with Gasteiger partial charge in [-0.05, 0) is 13.0 Å². The number of rotatable bonds is 2. The average Bonchev–Trinajstić information content (AvgIpc) is 3.11. The molecule has 114 valence electrons. The molecule has 6 nitrogen and oxygen atoms in total. The number of hydrogen-bond acceptors (Lipinski definition) is 6. The van der Waals surface area contributed by atoms with Gasteiger partial charge < -0.3 is 9.64 Å². The maximum atomic E-state index is 5.90. The van der Waals surface area contributed by atoms with E-state index in [-0.39, 0.29) is 6.10 Å². The van der Waals surface area contributed by atoms with Crippen LogP contribution in [0.1, 0.15) is 17.4 Å². The van der Waals surface area contributed by atoms with Gasteiger partial charge in [-0.15, -0.1) is 0 Å². The Bertz CT molecular complexity index is 762. The Labute approximate surface area is 132 Å². The molecule has 1 aliphatic rings. The summed E-state index contributed by atoms with van der Waals surface area (Å²) in [5.74, 6) is 0. The zero-order valence-electron chi connectivity index (χ0n) is 12.6. The van der Waals surface area contributed by atoms with Crippen molar-refractivity contribution in [3.63, 3.8) is 0 Å². The third-order valence-electron chi connectivity index (χ3n) is 3.93. The first-order valence-corrected chi connectivity index (χ1v) is 8.10. The van der Waals surface area contributed by atoms with Crippen LogP contribution in [0.15, 0.2) is 24.5 Å². The fraction of sp³-hybridized carbons (Fsp3) is 0.400. The van der Waals surface area contributed by atoms with Gasteiger partial charge in [0.15, 0.2) is 10.8 Å². The number of aromatic nitrogens is 4. The van der Waals surface area contributed by atoms with Crippen molar-refractivity contribution in [2.75, 3.05) is 24.6 Å². The molecule has 0 aromatic carbocycles. The molecule has 0 N–H and O–H groups in total. The van der Waals surface area contributed by atoms with E-state index in [1.807, 2.05) is 30.9 Å². The van der Waals surface area contributed by atoms with Crippen LogP contribution in [0.4, 0.5) is 5.13 Å². The summed E-state index contributed by atoms with van der Waals surface area (Å²) in [7, 11) is 1.94. The highest BCUT2D eigenvalue weighted by molar-refractivity contribution is 7.22. The molecule has 4 rings (SSSR count). The van der Waals surface area contributed by atoms with Crippen LogP contribution >= 0.6 is 11.3 Å². The molecule has 1 aliphatic heterocycles. The minimum absolute atomic E-state index is 0.0497. The van der Waals surface area contributed by atoms with Crippen molar-refractivity contribution in [2.45, 2.75) is 13.0 Å². The van der Waals surface area contributed by atoms with Crippen LogP contribution in [0.5, 0.6) is 0 Å². The van der Waals surface area contributed by atoms with Crippen molar-refractivity contribution >= 4 is 26.8 Å². The van der Waals surface area contributed by atoms with Gasteiger partial charge >= 0.3 is 0 Å². The van der Waals surface area contributed by atoms with Crippen LogP contribution in [0.3, 0.4) is 0 Å². The SMILES string of the molecule is Cc1nn(C)c2nc(N3CCOC(c4cccnc4)C3)sc12. The van der Waals surface area contributed by atoms with Crippen LogP contribution in [0.25, 0.3) is 10.3 Å². The standard InChI is InChI=1S/C15H17N5OS/c1-10-13-14(19(2)18-10)17-15(22-13)20-6-7-21-12(9-20)11-4-3-5-16-8-11/h3-5,8,12H,6-7,9H2,1-2H3. The second-order valence-corrected chi connectivity index (χ2v) is 6.43. The number of ether oxygens (including phenoxy) is 1. The molecule has 0 radical (unpaired) electrons. The third-order valence-corrected chi connectivity index (χ3v) is 5.14. The van der Waals surface area contributed by atoms with E-state index in [0.29, 0.717) is 6.61 Å². The van der Waals surface area contributed by atoms with E-state index in [2.05, 4.69) is 21.0 Å². The Kier molecular flexibility index (Phi) is 3.31. The minimum atomic E-state index is 0.0497. The van der Waals surface area contributed by atoms with Gasteiger partial charge in [-0.2, -0.15) is 5.10 Å². The van der Waals surface area contributed by atoms with Crippen LogP contribution in [-0.2, 0) is 11.8 Å². The Balaban J connectivity index is 1.62. The molecule has 1 atom stereocenters. The largest absolute Gasteiger partial charge is 0.370 e. The number of pyridine rings is 1. The second kappa shape index (κ2) is 5.33. The van der Waals surface area contributed by atoms with E-state index in [0.717, 1.165) is 35.1 Å². The summed E-state index contributed by atoms with van der Waals surface area (Å²) < 4.78 is 8.92. The molecule has 0 bridgehead atoms. The topological polar surface area (TPSA) is 56.1 Å². The van der Waals surface area contributed by atoms with E-state index in [1.165, 1.54) is 4.70 Å². The maximum Gasteiger partial charge on any atom is 0.188 e. The Morgan fingerprint density at radius 1 is 1.41 bits per heavy atom. The van der Waals surface area contributed by atoms with Gasteiger partial charge in [-0.25, -0.2) is 9.67 Å². The summed E-state index contributed by atoms with van der Waals surface area (Å²) in [5, 5.41) is 5.46. The van der Waals surface area contributed by atoms with E-state index in [9.17, 15) is 0 Å². The van der Waals surface area contributed by atoms with Crippen LogP contribution < -0.4 is 4.90 Å². The fourth-order valence-corrected chi connectivity index (χ4v) is 3.87. The lowest BCUT2D eigenvalue weighted by atomic mass is 10.1. The molecular formula is C15H17N5OS. The number of anilines is 1. The average molecular weight is 315 g/mol. The van der Waals surface area contributed by atoms with Crippen LogP contribution in [0, 0.1) is 6.92 Å². The first kappa shape index (κ1) is 13.7. The number of fused-ring (bicyclic) bond motifs is 1. The zero-order chi connectivity index (χ0) is 15.1. The van der Waals surface area contributed by atoms with E-state index in [1.54, 1.807) is 17.5 Å². The van der Waals surface area contributed by atoms with Crippen molar-refractivity contribution < 1.29 is 4.74 Å². The number of thiazole rings is 1. The number of aryl methyl sites for hydroxylation is 2. The monoisotopic (exact) mass is 315 g/mol. The Morgan fingerprint density at radius 3 is 3.09 bits per heavy atom. The molecule has 22 heavy (non-hydrogen) atoms. The highest BCUT2D eigenvalue weighted by Gasteiger charge is 2.25. The van der Waals surface area contributed by atoms with E-state index < -0.39 is 0 Å². The summed E-state index contributed by atoms with van der Waals surface area (Å²) in [6.45, 7) is 4.40. The van der Waals surface area contributed by atoms with Gasteiger partial charge in [-0.3, -0.25) is 4.98 Å². The predicted octanol–water partition coefficient (Wildman–Crippen LogP) is 2.31. The lowest BCUT2D eigenvalue weighted by Gasteiger charge is -2.32. The molecule has 1 unspecified atom stereocenters. The Morgan fingerprint density at radius 2 is 2.32 bits per heavy atom. The molecular weight excluding hydrogens is 298 g/mol. The summed E-state index contributed by atoms with van der Waals surface area (Å²) in [6.07, 6.45) is 3.71. The van der Waals surface area contributed by atoms with Crippen molar-refractivity contribution in [1.82, 2.24) is 19.7 Å². The van der Waals surface area contributed by atoms with Crippen LogP contribution in [-0.4, -0.2) is 39.4 Å². The first-order valence-electron chi connectivity index (χ1n) is 7.29. The molecule has 1 saturated heterocycles. The van der Waals surface area contributed by atoms with Gasteiger partial charge in [0, 0.05) is 31.5 Å². The molecule has 0 saturated carbocycles. The molecule has 1 fully saturated rings. The maximum absolute atomic E-state index is 5.90. The van der Waals surface area contributed by atoms with Crippen molar-refractivity contribution in [3.05, 3.63) is 35.8 Å². The number of hydrogen-bond donors (Lipinski definition) is 0. The highest BCUT2D eigenvalue weighted by Crippen LogP contribution is 2.33. The quantitative estimate of drug-likeness (QED) is 0.726. The van der Waals surface area contributed by atoms with Crippen molar-refractivity contribution in [1.29, 1.82) is 0 Å². The smallest absolute Gasteiger partial charge is 0.188 e. The van der Waals surface area contributed by atoms with Gasteiger partial charge in [0.2, 0.25) is 0 Å². The highest BCUT2D eigenvalue weighted by atomic mass is 32.1. The summed E-state index contributed by atoms with van der Waals surface area (Å²) in [5.41, 5.74) is 3.12. The summed E-state index contributed by atoms with van der Waals surface area (Å²) in [6, 6.07) is 4.01. The summed E-state index contributed by atoms with van der Waals surface area (Å²) in [4.78, 5) is 11.2. The molecule has 7 heteroatoms. The fourth-order valence-electron chi connectivity index (χ4n) is 2.80. The van der Waals surface area contributed by atoms with E-state index >= 15 is 0 Å². The molecule has 4 heterocycles. The molecule has 0 spiro atoms. The van der Waals surface area contributed by atoms with Crippen molar-refractivity contribution in [3.8, 4) is 0 Å². The number of morpholine rings is 1. The first-order chi connectivity index (χ1) is 10.7. The summed E-state index contributed by atoms with van der Waals surface area (Å²) >= 11 is 1.71. The van der Waals surface area contributed by atoms with Gasteiger partial charge in [-0.1, -0.05) is 17.4 Å². The minimum Gasteiger partial charge on any atom is -0.370 e. The van der Waals surface area contributed by atoms with Gasteiger partial charge in [0.05, 0.1) is 23.5 Å². The third kappa shape index (κ3) is 2.26. The zero-order valence-corrected chi connectivity index (χ0v) is 13.4. The van der Waals surface area contributed by atoms with E-state index in [4.69, 9.17) is 9.72 Å². The molecule has 3 aromatic rings. The van der Waals surface area contributed by atoms with Crippen molar-refractivity contribution in [2.24, 2.45) is 7.05 Å². The lowest BCUT2D eigenvalue weighted by Crippen LogP contribution is -2.38. The lowest BCUT2D eigenvalue weighted by molar-refractivity contribution is 0.0396. The predicted molar refractivity (Wildman–Crippen MR) is 86.3 cm³/mol. The second-order valence-electron chi connectivity index (χ2n) is 5.45. The van der Waals surface area contributed by atoms with Crippen LogP contribution in [0.2, 0.25) is 0 Å². The molecule has 3 aromatic heterocycles. The van der Waals surface area contributed by atoms with Gasteiger partial charge in [0.1, 0.15) is 6.10 Å². The van der Waals surface area contributed by atoms with Gasteiger partial charge in [0.25, 0.3) is 0 Å². The molecule has 0 aliphatic carbocycles. The number of nitrogens with zero attached hydrogens (tertiary/aromatic N) is 5. The molecule has 0 amide bonds. The Hall–Kier alpha value is -1.99.